The predicted octanol–water partition coefficient (Wildman–Crippen LogP) is 3.27. The smallest absolute Gasteiger partial charge is 0.220 e. The maximum Gasteiger partial charge on any atom is 0.220 e. The Bertz CT molecular complexity index is 741. The Hall–Kier alpha value is -2.64. The number of piperidine rings is 1. The largest absolute Gasteiger partial charge is 0.353 e. The monoisotopic (exact) mass is 347 g/mol. The van der Waals surface area contributed by atoms with E-state index >= 15 is 0 Å². The Morgan fingerprint density at radius 3 is 2.38 bits per heavy atom. The molecule has 0 aromatic heterocycles. The maximum absolute atomic E-state index is 12.2. The van der Waals surface area contributed by atoms with E-state index in [1.807, 2.05) is 18.2 Å². The lowest BCUT2D eigenvalue weighted by Gasteiger charge is -2.32. The molecule has 1 amide bonds. The van der Waals surface area contributed by atoms with E-state index in [2.05, 4.69) is 40.6 Å². The molecule has 1 N–H and O–H groups in total. The number of carbonyl (C=O) groups excluding carboxylic acids is 1. The van der Waals surface area contributed by atoms with Gasteiger partial charge in [-0.2, -0.15) is 5.26 Å². The number of rotatable bonds is 6. The zero-order chi connectivity index (χ0) is 18.2. The van der Waals surface area contributed by atoms with Crippen molar-refractivity contribution in [1.82, 2.24) is 10.2 Å². The lowest BCUT2D eigenvalue weighted by Crippen LogP contribution is -2.44. The van der Waals surface area contributed by atoms with Crippen LogP contribution < -0.4 is 5.32 Å². The van der Waals surface area contributed by atoms with Gasteiger partial charge in [0.15, 0.2) is 0 Å². The van der Waals surface area contributed by atoms with E-state index in [-0.39, 0.29) is 11.9 Å². The standard InChI is InChI=1S/C22H25N3O/c23-16-19-8-6-18(7-9-19)10-11-22(26)24-21-12-14-25(15-13-21)17-20-4-2-1-3-5-20/h1-9,21H,10-15,17H2,(H,24,26). The van der Waals surface area contributed by atoms with Gasteiger partial charge in [-0.25, -0.2) is 0 Å². The molecule has 4 heteroatoms. The summed E-state index contributed by atoms with van der Waals surface area (Å²) in [6.07, 6.45) is 3.23. The summed E-state index contributed by atoms with van der Waals surface area (Å²) in [6.45, 7) is 3.03. The van der Waals surface area contributed by atoms with Gasteiger partial charge in [-0.3, -0.25) is 9.69 Å². The van der Waals surface area contributed by atoms with Crippen LogP contribution in [0.3, 0.4) is 0 Å². The zero-order valence-corrected chi connectivity index (χ0v) is 15.0. The molecule has 1 aliphatic rings. The molecule has 2 aromatic rings. The zero-order valence-electron chi connectivity index (χ0n) is 15.0. The van der Waals surface area contributed by atoms with Gasteiger partial charge in [0, 0.05) is 32.1 Å². The second-order valence-electron chi connectivity index (χ2n) is 6.91. The molecule has 1 aliphatic heterocycles. The van der Waals surface area contributed by atoms with Crippen LogP contribution >= 0.6 is 0 Å². The normalized spacial score (nSPS) is 15.3. The Kier molecular flexibility index (Phi) is 6.40. The molecule has 0 bridgehead atoms. The average Bonchev–Trinajstić information content (AvgIpc) is 2.69. The first-order valence-electron chi connectivity index (χ1n) is 9.27. The Labute approximate surface area is 155 Å². The van der Waals surface area contributed by atoms with Gasteiger partial charge >= 0.3 is 0 Å². The van der Waals surface area contributed by atoms with Gasteiger partial charge in [-0.1, -0.05) is 42.5 Å². The molecule has 1 saturated heterocycles. The van der Waals surface area contributed by atoms with E-state index in [1.165, 1.54) is 5.56 Å². The fourth-order valence-corrected chi connectivity index (χ4v) is 3.38. The number of carbonyl (C=O) groups is 1. The van der Waals surface area contributed by atoms with Gasteiger partial charge in [0.2, 0.25) is 5.91 Å². The van der Waals surface area contributed by atoms with Gasteiger partial charge in [-0.05, 0) is 42.5 Å². The van der Waals surface area contributed by atoms with Crippen LogP contribution in [0.1, 0.15) is 36.0 Å². The number of likely N-dealkylation sites (tertiary alicyclic amines) is 1. The Morgan fingerprint density at radius 2 is 1.73 bits per heavy atom. The van der Waals surface area contributed by atoms with Crippen molar-refractivity contribution >= 4 is 5.91 Å². The molecule has 134 valence electrons. The number of nitrogens with zero attached hydrogens (tertiary/aromatic N) is 2. The fourth-order valence-electron chi connectivity index (χ4n) is 3.38. The molecule has 2 aromatic carbocycles. The summed E-state index contributed by atoms with van der Waals surface area (Å²) in [7, 11) is 0. The van der Waals surface area contributed by atoms with Crippen LogP contribution in [0.5, 0.6) is 0 Å². The molecule has 0 aliphatic carbocycles. The molecule has 0 atom stereocenters. The van der Waals surface area contributed by atoms with Gasteiger partial charge in [0.25, 0.3) is 0 Å². The topological polar surface area (TPSA) is 56.1 Å². The maximum atomic E-state index is 12.2. The number of hydrogen-bond donors (Lipinski definition) is 1. The lowest BCUT2D eigenvalue weighted by molar-refractivity contribution is -0.122. The number of aryl methyl sites for hydroxylation is 1. The first-order valence-corrected chi connectivity index (χ1v) is 9.27. The van der Waals surface area contributed by atoms with Gasteiger partial charge in [0.05, 0.1) is 11.6 Å². The Balaban J connectivity index is 1.37. The minimum Gasteiger partial charge on any atom is -0.353 e. The highest BCUT2D eigenvalue weighted by Gasteiger charge is 2.20. The van der Waals surface area contributed by atoms with Crippen molar-refractivity contribution in [2.45, 2.75) is 38.3 Å². The first-order chi connectivity index (χ1) is 12.7. The lowest BCUT2D eigenvalue weighted by atomic mass is 10.0. The summed E-state index contributed by atoms with van der Waals surface area (Å²) in [6, 6.07) is 20.4. The highest BCUT2D eigenvalue weighted by Crippen LogP contribution is 2.14. The average molecular weight is 347 g/mol. The Morgan fingerprint density at radius 1 is 1.04 bits per heavy atom. The molecule has 4 nitrogen and oxygen atoms in total. The SMILES string of the molecule is N#Cc1ccc(CCC(=O)NC2CCN(Cc3ccccc3)CC2)cc1. The summed E-state index contributed by atoms with van der Waals surface area (Å²) in [5, 5.41) is 12.0. The van der Waals surface area contributed by atoms with Crippen molar-refractivity contribution in [1.29, 1.82) is 5.26 Å². The fraction of sp³-hybridized carbons (Fsp3) is 0.364. The van der Waals surface area contributed by atoms with Crippen molar-refractivity contribution in [3.05, 3.63) is 71.3 Å². The third-order valence-electron chi connectivity index (χ3n) is 4.93. The minimum atomic E-state index is 0.121. The van der Waals surface area contributed by atoms with Crippen molar-refractivity contribution in [2.75, 3.05) is 13.1 Å². The van der Waals surface area contributed by atoms with E-state index in [4.69, 9.17) is 5.26 Å². The second-order valence-corrected chi connectivity index (χ2v) is 6.91. The molecular weight excluding hydrogens is 322 g/mol. The number of hydrogen-bond acceptors (Lipinski definition) is 3. The third-order valence-corrected chi connectivity index (χ3v) is 4.93. The van der Waals surface area contributed by atoms with E-state index < -0.39 is 0 Å². The first kappa shape index (κ1) is 18.2. The van der Waals surface area contributed by atoms with E-state index in [9.17, 15) is 4.79 Å². The minimum absolute atomic E-state index is 0.121. The van der Waals surface area contributed by atoms with Crippen molar-refractivity contribution in [2.24, 2.45) is 0 Å². The number of amides is 1. The van der Waals surface area contributed by atoms with E-state index in [0.29, 0.717) is 18.4 Å². The van der Waals surface area contributed by atoms with Crippen LogP contribution in [0.2, 0.25) is 0 Å². The summed E-state index contributed by atoms with van der Waals surface area (Å²) in [5.74, 6) is 0.121. The van der Waals surface area contributed by atoms with Gasteiger partial charge in [0.1, 0.15) is 0 Å². The summed E-state index contributed by atoms with van der Waals surface area (Å²) >= 11 is 0. The van der Waals surface area contributed by atoms with Gasteiger partial charge < -0.3 is 5.32 Å². The summed E-state index contributed by atoms with van der Waals surface area (Å²) < 4.78 is 0. The van der Waals surface area contributed by atoms with E-state index in [0.717, 1.165) is 38.0 Å². The highest BCUT2D eigenvalue weighted by atomic mass is 16.1. The number of nitrogens with one attached hydrogen (secondary N) is 1. The van der Waals surface area contributed by atoms with Crippen LogP contribution in [-0.2, 0) is 17.8 Å². The molecule has 1 heterocycles. The van der Waals surface area contributed by atoms with Crippen LogP contribution in [-0.4, -0.2) is 29.9 Å². The molecule has 0 saturated carbocycles. The van der Waals surface area contributed by atoms with Crippen LogP contribution in [0.4, 0.5) is 0 Å². The molecule has 0 unspecified atom stereocenters. The highest BCUT2D eigenvalue weighted by molar-refractivity contribution is 5.76. The molecule has 0 radical (unpaired) electrons. The predicted molar refractivity (Wildman–Crippen MR) is 102 cm³/mol. The van der Waals surface area contributed by atoms with Crippen LogP contribution in [0.25, 0.3) is 0 Å². The molecular formula is C22H25N3O. The number of benzene rings is 2. The molecule has 0 spiro atoms. The van der Waals surface area contributed by atoms with Gasteiger partial charge in [-0.15, -0.1) is 0 Å². The second kappa shape index (κ2) is 9.17. The number of nitriles is 1. The quantitative estimate of drug-likeness (QED) is 0.872. The third kappa shape index (κ3) is 5.44. The van der Waals surface area contributed by atoms with Crippen molar-refractivity contribution < 1.29 is 4.79 Å². The summed E-state index contributed by atoms with van der Waals surface area (Å²) in [4.78, 5) is 14.7. The molecule has 1 fully saturated rings. The van der Waals surface area contributed by atoms with Crippen LogP contribution in [0.15, 0.2) is 54.6 Å². The molecule has 3 rings (SSSR count). The summed E-state index contributed by atoms with van der Waals surface area (Å²) in [5.41, 5.74) is 3.09. The molecule has 26 heavy (non-hydrogen) atoms. The van der Waals surface area contributed by atoms with E-state index in [1.54, 1.807) is 12.1 Å². The van der Waals surface area contributed by atoms with Crippen molar-refractivity contribution in [3.63, 3.8) is 0 Å². The van der Waals surface area contributed by atoms with Crippen molar-refractivity contribution in [3.8, 4) is 6.07 Å². The van der Waals surface area contributed by atoms with Crippen LogP contribution in [0, 0.1) is 11.3 Å².